The third-order valence-electron chi connectivity index (χ3n) is 5.34. The van der Waals surface area contributed by atoms with Crippen molar-refractivity contribution in [3.05, 3.63) is 54.4 Å². The molecule has 3 heterocycles. The molecule has 1 aliphatic heterocycles. The van der Waals surface area contributed by atoms with E-state index in [2.05, 4.69) is 15.4 Å². The maximum Gasteiger partial charge on any atom is 0.269 e. The summed E-state index contributed by atoms with van der Waals surface area (Å²) in [5, 5.41) is 9.65. The smallest absolute Gasteiger partial charge is 0.269 e. The summed E-state index contributed by atoms with van der Waals surface area (Å²) in [7, 11) is 0. The van der Waals surface area contributed by atoms with Gasteiger partial charge in [0.15, 0.2) is 11.5 Å². The van der Waals surface area contributed by atoms with Crippen LogP contribution < -0.4 is 11.1 Å². The fraction of sp³-hybridized carbons (Fsp3) is 0.238. The van der Waals surface area contributed by atoms with Crippen molar-refractivity contribution in [2.24, 2.45) is 5.73 Å². The molecule has 1 fully saturated rings. The van der Waals surface area contributed by atoms with Gasteiger partial charge in [0.25, 0.3) is 5.91 Å². The van der Waals surface area contributed by atoms with E-state index >= 15 is 0 Å². The highest BCUT2D eigenvalue weighted by Gasteiger charge is 2.24. The number of fused-ring (bicyclic) bond motifs is 3. The zero-order chi connectivity index (χ0) is 19.1. The summed E-state index contributed by atoms with van der Waals surface area (Å²) in [5.41, 5.74) is 8.53. The normalized spacial score (nSPS) is 14.8. The Kier molecular flexibility index (Phi) is 5.17. The van der Waals surface area contributed by atoms with Gasteiger partial charge in [0, 0.05) is 22.5 Å². The van der Waals surface area contributed by atoms with Gasteiger partial charge in [-0.25, -0.2) is 9.97 Å². The predicted octanol–water partition coefficient (Wildman–Crippen LogP) is 3.09. The lowest BCUT2D eigenvalue weighted by atomic mass is 10.1. The molecule has 2 aromatic carbocycles. The van der Waals surface area contributed by atoms with E-state index in [0.717, 1.165) is 53.3 Å². The van der Waals surface area contributed by atoms with Crippen molar-refractivity contribution in [1.29, 1.82) is 0 Å². The molecule has 1 amide bonds. The number of nitrogens with zero attached hydrogens (tertiary/aromatic N) is 4. The average Bonchev–Trinajstić information content (AvgIpc) is 3.15. The summed E-state index contributed by atoms with van der Waals surface area (Å²) in [6.07, 6.45) is 3.72. The summed E-state index contributed by atoms with van der Waals surface area (Å²) in [4.78, 5) is 21.4. The highest BCUT2D eigenvalue weighted by Crippen LogP contribution is 2.32. The number of halogens is 1. The third-order valence-corrected chi connectivity index (χ3v) is 5.34. The lowest BCUT2D eigenvalue weighted by molar-refractivity contribution is 0.0995. The monoisotopic (exact) mass is 408 g/mol. The standard InChI is InChI=1S/C21H20N6O.ClH/c22-20(28)18-16-7-6-14-12-24-21(13-4-2-1-3-5-13)25-17(14)19(16)27(26-18)15-8-10-23-11-9-15;/h1-7,12,15,23H,8-11H2,(H2,22,28);1H. The van der Waals surface area contributed by atoms with Crippen LogP contribution in [0, 0.1) is 0 Å². The van der Waals surface area contributed by atoms with Gasteiger partial charge in [0.05, 0.1) is 11.6 Å². The van der Waals surface area contributed by atoms with Crippen LogP contribution >= 0.6 is 12.4 Å². The molecule has 0 spiro atoms. The molecule has 0 radical (unpaired) electrons. The lowest BCUT2D eigenvalue weighted by Gasteiger charge is -2.23. The molecule has 8 heteroatoms. The third kappa shape index (κ3) is 3.32. The number of primary amides is 1. The van der Waals surface area contributed by atoms with Crippen molar-refractivity contribution >= 4 is 40.1 Å². The minimum absolute atomic E-state index is 0. The number of aromatic nitrogens is 4. The quantitative estimate of drug-likeness (QED) is 0.542. The molecule has 0 atom stereocenters. The van der Waals surface area contributed by atoms with Crippen LogP contribution in [-0.2, 0) is 0 Å². The Labute approximate surface area is 173 Å². The second kappa shape index (κ2) is 7.77. The SMILES string of the molecule is Cl.NC(=O)c1nn(C2CCNCC2)c2c1ccc1cnc(-c3ccccc3)nc12. The molecule has 0 bridgehead atoms. The number of nitrogens with one attached hydrogen (secondary N) is 1. The van der Waals surface area contributed by atoms with Crippen molar-refractivity contribution in [2.75, 3.05) is 13.1 Å². The van der Waals surface area contributed by atoms with Gasteiger partial charge in [-0.3, -0.25) is 9.48 Å². The predicted molar refractivity (Wildman–Crippen MR) is 115 cm³/mol. The zero-order valence-electron chi connectivity index (χ0n) is 15.7. The first-order valence-electron chi connectivity index (χ1n) is 9.46. The molecule has 0 unspecified atom stereocenters. The van der Waals surface area contributed by atoms with Gasteiger partial charge < -0.3 is 11.1 Å². The topological polar surface area (TPSA) is 98.7 Å². The molecule has 3 N–H and O–H groups in total. The summed E-state index contributed by atoms with van der Waals surface area (Å²) in [5.74, 6) is 0.133. The molecular weight excluding hydrogens is 388 g/mol. The van der Waals surface area contributed by atoms with Gasteiger partial charge in [0.1, 0.15) is 5.52 Å². The maximum absolute atomic E-state index is 12.0. The second-order valence-electron chi connectivity index (χ2n) is 7.10. The summed E-state index contributed by atoms with van der Waals surface area (Å²) >= 11 is 0. The number of piperidine rings is 1. The first kappa shape index (κ1) is 19.3. The van der Waals surface area contributed by atoms with Gasteiger partial charge in [0.2, 0.25) is 0 Å². The highest BCUT2D eigenvalue weighted by atomic mass is 35.5. The van der Waals surface area contributed by atoms with Crippen molar-refractivity contribution in [1.82, 2.24) is 25.1 Å². The summed E-state index contributed by atoms with van der Waals surface area (Å²) in [6.45, 7) is 1.85. The number of benzene rings is 2. The van der Waals surface area contributed by atoms with Gasteiger partial charge in [-0.1, -0.05) is 36.4 Å². The van der Waals surface area contributed by atoms with Crippen LogP contribution in [0.25, 0.3) is 33.2 Å². The number of hydrogen-bond acceptors (Lipinski definition) is 5. The lowest BCUT2D eigenvalue weighted by Crippen LogP contribution is -2.30. The Balaban J connectivity index is 0.00000205. The van der Waals surface area contributed by atoms with E-state index in [-0.39, 0.29) is 18.4 Å². The maximum atomic E-state index is 12.0. The van der Waals surface area contributed by atoms with E-state index < -0.39 is 5.91 Å². The van der Waals surface area contributed by atoms with Crippen LogP contribution in [0.4, 0.5) is 0 Å². The van der Waals surface area contributed by atoms with Crippen LogP contribution in [0.3, 0.4) is 0 Å². The van der Waals surface area contributed by atoms with Crippen molar-refractivity contribution in [3.8, 4) is 11.4 Å². The summed E-state index contributed by atoms with van der Waals surface area (Å²) in [6, 6.07) is 13.9. The van der Waals surface area contributed by atoms with Gasteiger partial charge in [-0.05, 0) is 32.0 Å². The minimum atomic E-state index is -0.519. The second-order valence-corrected chi connectivity index (χ2v) is 7.10. The van der Waals surface area contributed by atoms with E-state index in [1.807, 2.05) is 53.3 Å². The Morgan fingerprint density at radius 3 is 2.59 bits per heavy atom. The van der Waals surface area contributed by atoms with Crippen LogP contribution in [0.5, 0.6) is 0 Å². The fourth-order valence-corrected chi connectivity index (χ4v) is 3.94. The molecule has 29 heavy (non-hydrogen) atoms. The first-order valence-corrected chi connectivity index (χ1v) is 9.46. The van der Waals surface area contributed by atoms with Gasteiger partial charge in [-0.2, -0.15) is 5.10 Å². The number of carbonyl (C=O) groups is 1. The van der Waals surface area contributed by atoms with Crippen LogP contribution in [-0.4, -0.2) is 38.7 Å². The van der Waals surface area contributed by atoms with Crippen LogP contribution in [0.1, 0.15) is 29.4 Å². The summed E-state index contributed by atoms with van der Waals surface area (Å²) < 4.78 is 1.96. The van der Waals surface area contributed by atoms with E-state index in [4.69, 9.17) is 10.7 Å². The van der Waals surface area contributed by atoms with Crippen molar-refractivity contribution in [3.63, 3.8) is 0 Å². The average molecular weight is 409 g/mol. The van der Waals surface area contributed by atoms with Crippen LogP contribution in [0.15, 0.2) is 48.7 Å². The van der Waals surface area contributed by atoms with Crippen molar-refractivity contribution in [2.45, 2.75) is 18.9 Å². The number of nitrogens with two attached hydrogens (primary N) is 1. The van der Waals surface area contributed by atoms with E-state index in [1.165, 1.54) is 0 Å². The molecule has 0 saturated carbocycles. The number of rotatable bonds is 3. The Morgan fingerprint density at radius 1 is 1.10 bits per heavy atom. The van der Waals surface area contributed by atoms with Gasteiger partial charge in [-0.15, -0.1) is 12.4 Å². The minimum Gasteiger partial charge on any atom is -0.364 e. The van der Waals surface area contributed by atoms with E-state index in [9.17, 15) is 4.79 Å². The molecule has 1 aliphatic rings. The molecule has 2 aromatic heterocycles. The van der Waals surface area contributed by atoms with E-state index in [1.54, 1.807) is 0 Å². The first-order chi connectivity index (χ1) is 13.7. The number of amides is 1. The molecule has 5 rings (SSSR count). The Morgan fingerprint density at radius 2 is 1.86 bits per heavy atom. The molecular formula is C21H21ClN6O. The Hall–Kier alpha value is -3.03. The van der Waals surface area contributed by atoms with Crippen LogP contribution in [0.2, 0.25) is 0 Å². The van der Waals surface area contributed by atoms with Gasteiger partial charge >= 0.3 is 0 Å². The molecule has 148 valence electrons. The molecule has 7 nitrogen and oxygen atoms in total. The van der Waals surface area contributed by atoms with E-state index in [0.29, 0.717) is 11.5 Å². The zero-order valence-corrected chi connectivity index (χ0v) is 16.5. The Bertz CT molecular complexity index is 1180. The molecule has 1 saturated heterocycles. The number of carbonyl (C=O) groups excluding carboxylic acids is 1. The molecule has 0 aliphatic carbocycles. The largest absolute Gasteiger partial charge is 0.364 e. The molecule has 4 aromatic rings. The fourth-order valence-electron chi connectivity index (χ4n) is 3.94. The highest BCUT2D eigenvalue weighted by molar-refractivity contribution is 6.11. The number of hydrogen-bond donors (Lipinski definition) is 2. The van der Waals surface area contributed by atoms with Crippen molar-refractivity contribution < 1.29 is 4.79 Å².